The van der Waals surface area contributed by atoms with Crippen LogP contribution in [-0.4, -0.2) is 99.1 Å². The SMILES string of the molecule is CN(CCCC(=O)O)C(=O)c1ccccc1C1=c2cc3c(cc2Oc2cc4c(cc21)CCCN4CCCS(=O)(=O)[O-])=[N+](CCCS(=O)(=O)[O-])CCC3. The van der Waals surface area contributed by atoms with Crippen LogP contribution in [0.25, 0.3) is 5.57 Å². The molecule has 6 rings (SSSR count). The molecule has 13 nitrogen and oxygen atoms in total. The molecule has 15 heteroatoms. The molecule has 1 amide bonds. The number of carbonyl (C=O) groups excluding carboxylic acids is 1. The minimum Gasteiger partial charge on any atom is -0.748 e. The molecule has 3 heterocycles. The average Bonchev–Trinajstić information content (AvgIpc) is 3.08. The Bertz CT molecular complexity index is 2250. The number of aryl methyl sites for hydroxylation is 2. The Labute approximate surface area is 303 Å². The quantitative estimate of drug-likeness (QED) is 0.147. The van der Waals surface area contributed by atoms with E-state index in [0.29, 0.717) is 55.2 Å². The first-order valence-electron chi connectivity index (χ1n) is 17.5. The fourth-order valence-corrected chi connectivity index (χ4v) is 8.45. The summed E-state index contributed by atoms with van der Waals surface area (Å²) in [5.74, 6) is -1.00. The van der Waals surface area contributed by atoms with Gasteiger partial charge in [-0.2, -0.15) is 0 Å². The summed E-state index contributed by atoms with van der Waals surface area (Å²) in [7, 11) is -7.05. The van der Waals surface area contributed by atoms with Gasteiger partial charge in [-0.05, 0) is 61.4 Å². The van der Waals surface area contributed by atoms with Crippen LogP contribution in [0.5, 0.6) is 11.5 Å². The van der Waals surface area contributed by atoms with Gasteiger partial charge in [0, 0.05) is 96.7 Å². The van der Waals surface area contributed by atoms with E-state index in [2.05, 4.69) is 21.6 Å². The van der Waals surface area contributed by atoms with Gasteiger partial charge in [-0.25, -0.2) is 21.4 Å². The monoisotopic (exact) mass is 752 g/mol. The Kier molecular flexibility index (Phi) is 11.1. The number of aliphatic carboxylic acids is 1. The van der Waals surface area contributed by atoms with Crippen molar-refractivity contribution in [1.82, 2.24) is 9.48 Å². The van der Waals surface area contributed by atoms with Crippen LogP contribution in [0.2, 0.25) is 0 Å². The highest BCUT2D eigenvalue weighted by atomic mass is 32.2. The number of rotatable bonds is 14. The van der Waals surface area contributed by atoms with Gasteiger partial charge in [0.2, 0.25) is 5.36 Å². The van der Waals surface area contributed by atoms with Gasteiger partial charge < -0.3 is 28.7 Å². The molecule has 1 N–H and O–H groups in total. The van der Waals surface area contributed by atoms with Crippen LogP contribution >= 0.6 is 0 Å². The third kappa shape index (κ3) is 8.65. The van der Waals surface area contributed by atoms with Gasteiger partial charge >= 0.3 is 5.97 Å². The maximum absolute atomic E-state index is 14.0. The highest BCUT2D eigenvalue weighted by Gasteiger charge is 2.30. The number of carboxylic acid groups (broad SMARTS) is 1. The molecule has 0 saturated heterocycles. The number of fused-ring (bicyclic) bond motifs is 4. The first-order chi connectivity index (χ1) is 24.7. The Morgan fingerprint density at radius 1 is 0.904 bits per heavy atom. The van der Waals surface area contributed by atoms with Gasteiger partial charge in [-0.15, -0.1) is 0 Å². The summed E-state index contributed by atoms with van der Waals surface area (Å²) in [4.78, 5) is 28.7. The molecule has 0 fully saturated rings. The molecule has 3 aliphatic rings. The largest absolute Gasteiger partial charge is 0.748 e. The molecule has 0 bridgehead atoms. The van der Waals surface area contributed by atoms with Crippen molar-refractivity contribution in [3.63, 3.8) is 0 Å². The van der Waals surface area contributed by atoms with E-state index in [9.17, 15) is 35.5 Å². The normalized spacial score (nSPS) is 15.2. The van der Waals surface area contributed by atoms with E-state index >= 15 is 0 Å². The van der Waals surface area contributed by atoms with Crippen molar-refractivity contribution >= 4 is 43.4 Å². The van der Waals surface area contributed by atoms with Crippen LogP contribution in [-0.2, 0) is 37.9 Å². The van der Waals surface area contributed by atoms with Gasteiger partial charge in [0.1, 0.15) is 24.6 Å². The van der Waals surface area contributed by atoms with Gasteiger partial charge in [-0.1, -0.05) is 18.2 Å². The molecule has 0 radical (unpaired) electrons. The average molecular weight is 753 g/mol. The van der Waals surface area contributed by atoms with Crippen molar-refractivity contribution in [1.29, 1.82) is 0 Å². The number of hydrogen-bond donors (Lipinski definition) is 1. The zero-order chi connectivity index (χ0) is 37.2. The molecule has 0 spiro atoms. The molecular formula is C37H42N3O10S2-. The predicted octanol–water partition coefficient (Wildman–Crippen LogP) is 2.04. The Balaban J connectivity index is 1.51. The lowest BCUT2D eigenvalue weighted by Crippen LogP contribution is -2.40. The summed E-state index contributed by atoms with van der Waals surface area (Å²) in [6.45, 7) is 2.40. The Morgan fingerprint density at radius 3 is 2.38 bits per heavy atom. The topological polar surface area (TPSA) is 187 Å². The van der Waals surface area contributed by atoms with Crippen molar-refractivity contribution in [2.24, 2.45) is 0 Å². The van der Waals surface area contributed by atoms with E-state index in [4.69, 9.17) is 9.84 Å². The van der Waals surface area contributed by atoms with E-state index < -0.39 is 37.7 Å². The van der Waals surface area contributed by atoms with E-state index in [1.54, 1.807) is 19.2 Å². The number of amides is 1. The van der Waals surface area contributed by atoms with E-state index in [-0.39, 0.29) is 31.7 Å². The number of ether oxygens (including phenoxy) is 1. The number of nitrogens with zero attached hydrogens (tertiary/aromatic N) is 3. The molecular weight excluding hydrogens is 711 g/mol. The highest BCUT2D eigenvalue weighted by molar-refractivity contribution is 7.85. The van der Waals surface area contributed by atoms with Crippen LogP contribution in [0.4, 0.5) is 5.69 Å². The Hall–Kier alpha value is -4.31. The molecule has 0 aliphatic carbocycles. The van der Waals surface area contributed by atoms with Crippen molar-refractivity contribution < 1.29 is 45.4 Å². The molecule has 0 saturated carbocycles. The van der Waals surface area contributed by atoms with E-state index in [1.807, 2.05) is 24.3 Å². The summed E-state index contributed by atoms with van der Waals surface area (Å²) < 4.78 is 76.7. The highest BCUT2D eigenvalue weighted by Crippen LogP contribution is 2.42. The molecule has 52 heavy (non-hydrogen) atoms. The van der Waals surface area contributed by atoms with Crippen LogP contribution in [0.15, 0.2) is 48.5 Å². The smallest absolute Gasteiger partial charge is 0.303 e. The second-order valence-corrected chi connectivity index (χ2v) is 16.7. The minimum atomic E-state index is -4.35. The summed E-state index contributed by atoms with van der Waals surface area (Å²) in [5.41, 5.74) is 5.68. The third-order valence-corrected chi connectivity index (χ3v) is 11.4. The molecule has 0 unspecified atom stereocenters. The fourth-order valence-electron chi connectivity index (χ4n) is 7.48. The lowest BCUT2D eigenvalue weighted by molar-refractivity contribution is -0.137. The molecule has 0 aromatic heterocycles. The molecule has 3 aromatic rings. The van der Waals surface area contributed by atoms with Crippen molar-refractivity contribution in [2.45, 2.75) is 51.4 Å². The standard InChI is InChI=1S/C37H43N3O10S2/c1-38(14-6-13-35(41)42)37(43)28-12-3-2-11-27(28)36-29-21-25-9-4-15-39(17-7-19-51(44,45)46)31(25)23-33(29)50-34-24-32-26(22-30(34)36)10-5-16-40(32)18-8-20-52(47,48)49/h2-3,11-12,21-24H,4-10,13-20H2,1H3,(H2-,41,42,44,45,46,47,48,49)/p-1. The van der Waals surface area contributed by atoms with E-state index in [0.717, 1.165) is 64.2 Å². The van der Waals surface area contributed by atoms with Gasteiger partial charge in [0.15, 0.2) is 0 Å². The van der Waals surface area contributed by atoms with Gasteiger partial charge in [-0.3, -0.25) is 9.59 Å². The number of anilines is 1. The molecule has 0 atom stereocenters. The number of carboxylic acids is 1. The van der Waals surface area contributed by atoms with Gasteiger partial charge in [0.05, 0.1) is 26.3 Å². The number of hydrogen-bond acceptors (Lipinski definition) is 10. The summed E-state index contributed by atoms with van der Waals surface area (Å²) in [6.07, 6.45) is 3.82. The zero-order valence-corrected chi connectivity index (χ0v) is 30.6. The van der Waals surface area contributed by atoms with Crippen molar-refractivity contribution in [3.8, 4) is 11.5 Å². The van der Waals surface area contributed by atoms with Crippen molar-refractivity contribution in [2.75, 3.05) is 56.2 Å². The summed E-state index contributed by atoms with van der Waals surface area (Å²) >= 11 is 0. The van der Waals surface area contributed by atoms with Crippen LogP contribution in [0.3, 0.4) is 0 Å². The fraction of sp³-hybridized carbons (Fsp3) is 0.432. The molecule has 278 valence electrons. The zero-order valence-electron chi connectivity index (χ0n) is 29.0. The molecule has 3 aliphatic heterocycles. The lowest BCUT2D eigenvalue weighted by atomic mass is 9.86. The summed E-state index contributed by atoms with van der Waals surface area (Å²) in [6, 6.07) is 15.4. The molecule has 3 aromatic carbocycles. The maximum atomic E-state index is 14.0. The third-order valence-electron chi connectivity index (χ3n) is 9.85. The van der Waals surface area contributed by atoms with Crippen LogP contribution in [0.1, 0.15) is 71.1 Å². The second kappa shape index (κ2) is 15.3. The number of carbonyl (C=O) groups is 2. The summed E-state index contributed by atoms with van der Waals surface area (Å²) in [5, 5.41) is 10.8. The van der Waals surface area contributed by atoms with Crippen LogP contribution in [0, 0.1) is 0 Å². The maximum Gasteiger partial charge on any atom is 0.303 e. The van der Waals surface area contributed by atoms with Crippen LogP contribution < -0.4 is 24.8 Å². The Morgan fingerprint density at radius 2 is 1.63 bits per heavy atom. The minimum absolute atomic E-state index is 0.0572. The first kappa shape index (κ1) is 37.4. The van der Waals surface area contributed by atoms with Crippen molar-refractivity contribution in [3.05, 3.63) is 86.9 Å². The lowest BCUT2D eigenvalue weighted by Gasteiger charge is -2.34. The van der Waals surface area contributed by atoms with E-state index in [1.165, 1.54) is 4.90 Å². The predicted molar refractivity (Wildman–Crippen MR) is 192 cm³/mol. The second-order valence-electron chi connectivity index (χ2n) is 13.6. The number of benzene rings is 3. The first-order valence-corrected chi connectivity index (χ1v) is 20.7. The van der Waals surface area contributed by atoms with Gasteiger partial charge in [0.25, 0.3) is 5.91 Å².